The first kappa shape index (κ1) is 20.6. The van der Waals surface area contributed by atoms with Crippen molar-refractivity contribution in [1.29, 1.82) is 0 Å². The van der Waals surface area contributed by atoms with E-state index in [4.69, 9.17) is 4.74 Å². The first-order chi connectivity index (χ1) is 13.0. The molecule has 2 atom stereocenters. The van der Waals surface area contributed by atoms with Crippen LogP contribution in [0, 0.1) is 0 Å². The maximum absolute atomic E-state index is 12.3. The van der Waals surface area contributed by atoms with Crippen LogP contribution in [0.4, 0.5) is 5.69 Å². The Balaban J connectivity index is 1.95. The Morgan fingerprint density at radius 2 is 1.78 bits per heavy atom. The van der Waals surface area contributed by atoms with E-state index in [1.165, 1.54) is 0 Å². The highest BCUT2D eigenvalue weighted by atomic mass is 16.5. The molecule has 0 saturated carbocycles. The van der Waals surface area contributed by atoms with Gasteiger partial charge in [0.1, 0.15) is 6.10 Å². The van der Waals surface area contributed by atoms with Gasteiger partial charge in [0, 0.05) is 17.9 Å². The maximum Gasteiger partial charge on any atom is 0.255 e. The second kappa shape index (κ2) is 10.5. The van der Waals surface area contributed by atoms with Crippen LogP contribution in [-0.2, 0) is 9.53 Å². The molecule has 0 bridgehead atoms. The first-order valence-corrected chi connectivity index (χ1v) is 9.39. The lowest BCUT2D eigenvalue weighted by Gasteiger charge is -2.19. The van der Waals surface area contributed by atoms with E-state index in [0.717, 1.165) is 18.4 Å². The summed E-state index contributed by atoms with van der Waals surface area (Å²) in [6, 6.07) is 16.3. The molecule has 2 aromatic rings. The van der Waals surface area contributed by atoms with E-state index in [1.54, 1.807) is 19.1 Å². The largest absolute Gasteiger partial charge is 0.369 e. The summed E-state index contributed by atoms with van der Waals surface area (Å²) in [5.74, 6) is -0.306. The van der Waals surface area contributed by atoms with Crippen molar-refractivity contribution < 1.29 is 14.3 Å². The van der Waals surface area contributed by atoms with Crippen molar-refractivity contribution in [2.75, 3.05) is 11.9 Å². The summed E-state index contributed by atoms with van der Waals surface area (Å²) in [6.45, 7) is 6.34. The van der Waals surface area contributed by atoms with Crippen molar-refractivity contribution in [3.05, 3.63) is 65.7 Å². The normalized spacial score (nSPS) is 12.9. The van der Waals surface area contributed by atoms with Crippen LogP contribution < -0.4 is 10.6 Å². The van der Waals surface area contributed by atoms with Crippen molar-refractivity contribution in [2.24, 2.45) is 0 Å². The first-order valence-electron chi connectivity index (χ1n) is 9.39. The standard InChI is InChI=1S/C22H28N2O3/c1-4-5-14-27-17(3)21(25)23-16(2)19-12-9-13-20(15-19)24-22(26)18-10-7-6-8-11-18/h6-13,15-17H,4-5,14H2,1-3H3,(H,23,25)(H,24,26). The fraction of sp³-hybridized carbons (Fsp3) is 0.364. The van der Waals surface area contributed by atoms with Crippen molar-refractivity contribution in [2.45, 2.75) is 45.8 Å². The molecular formula is C22H28N2O3. The van der Waals surface area contributed by atoms with Gasteiger partial charge in [-0.1, -0.05) is 43.7 Å². The van der Waals surface area contributed by atoms with E-state index in [0.29, 0.717) is 17.9 Å². The minimum absolute atomic E-state index is 0.141. The number of ether oxygens (including phenoxy) is 1. The summed E-state index contributed by atoms with van der Waals surface area (Å²) >= 11 is 0. The van der Waals surface area contributed by atoms with Crippen LogP contribution >= 0.6 is 0 Å². The lowest BCUT2D eigenvalue weighted by Crippen LogP contribution is -2.36. The number of carbonyl (C=O) groups is 2. The Kier molecular flexibility index (Phi) is 8.01. The van der Waals surface area contributed by atoms with Gasteiger partial charge in [-0.25, -0.2) is 0 Å². The molecule has 2 amide bonds. The molecule has 0 aromatic heterocycles. The van der Waals surface area contributed by atoms with Gasteiger partial charge >= 0.3 is 0 Å². The minimum Gasteiger partial charge on any atom is -0.369 e. The molecule has 2 aromatic carbocycles. The predicted molar refractivity (Wildman–Crippen MR) is 108 cm³/mol. The van der Waals surface area contributed by atoms with Gasteiger partial charge in [-0.2, -0.15) is 0 Å². The molecule has 2 N–H and O–H groups in total. The zero-order valence-corrected chi connectivity index (χ0v) is 16.2. The van der Waals surface area contributed by atoms with Crippen molar-refractivity contribution >= 4 is 17.5 Å². The van der Waals surface area contributed by atoms with Crippen LogP contribution in [0.15, 0.2) is 54.6 Å². The van der Waals surface area contributed by atoms with Crippen LogP contribution in [0.1, 0.15) is 55.6 Å². The number of benzene rings is 2. The van der Waals surface area contributed by atoms with Crippen molar-refractivity contribution in [3.63, 3.8) is 0 Å². The average Bonchev–Trinajstić information content (AvgIpc) is 2.68. The summed E-state index contributed by atoms with van der Waals surface area (Å²) in [7, 11) is 0. The number of hydrogen-bond donors (Lipinski definition) is 2. The van der Waals surface area contributed by atoms with E-state index in [1.807, 2.05) is 49.4 Å². The number of rotatable bonds is 9. The second-order valence-corrected chi connectivity index (χ2v) is 6.54. The highest BCUT2D eigenvalue weighted by Gasteiger charge is 2.17. The molecule has 2 unspecified atom stereocenters. The van der Waals surface area contributed by atoms with Crippen LogP contribution in [0.25, 0.3) is 0 Å². The van der Waals surface area contributed by atoms with E-state index in [-0.39, 0.29) is 17.9 Å². The Labute approximate surface area is 161 Å². The SMILES string of the molecule is CCCCOC(C)C(=O)NC(C)c1cccc(NC(=O)c2ccccc2)c1. The average molecular weight is 368 g/mol. The lowest BCUT2D eigenvalue weighted by molar-refractivity contribution is -0.132. The van der Waals surface area contributed by atoms with Crippen LogP contribution in [0.2, 0.25) is 0 Å². The highest BCUT2D eigenvalue weighted by Crippen LogP contribution is 2.18. The van der Waals surface area contributed by atoms with Gasteiger partial charge in [-0.3, -0.25) is 9.59 Å². The maximum atomic E-state index is 12.3. The minimum atomic E-state index is -0.486. The highest BCUT2D eigenvalue weighted by molar-refractivity contribution is 6.04. The Bertz CT molecular complexity index is 746. The fourth-order valence-electron chi connectivity index (χ4n) is 2.57. The zero-order valence-electron chi connectivity index (χ0n) is 16.2. The number of anilines is 1. The topological polar surface area (TPSA) is 67.4 Å². The van der Waals surface area contributed by atoms with Crippen LogP contribution in [0.5, 0.6) is 0 Å². The number of carbonyl (C=O) groups excluding carboxylic acids is 2. The van der Waals surface area contributed by atoms with Gasteiger partial charge in [0.2, 0.25) is 5.91 Å². The number of nitrogens with one attached hydrogen (secondary N) is 2. The van der Waals surface area contributed by atoms with Gasteiger partial charge in [-0.05, 0) is 50.1 Å². The second-order valence-electron chi connectivity index (χ2n) is 6.54. The monoisotopic (exact) mass is 368 g/mol. The molecule has 5 heteroatoms. The number of hydrogen-bond acceptors (Lipinski definition) is 3. The predicted octanol–water partition coefficient (Wildman–Crippen LogP) is 4.32. The summed E-state index contributed by atoms with van der Waals surface area (Å²) < 4.78 is 5.54. The van der Waals surface area contributed by atoms with Gasteiger partial charge in [0.25, 0.3) is 5.91 Å². The van der Waals surface area contributed by atoms with Gasteiger partial charge in [0.15, 0.2) is 0 Å². The Morgan fingerprint density at radius 3 is 2.48 bits per heavy atom. The molecule has 144 valence electrons. The fourth-order valence-corrected chi connectivity index (χ4v) is 2.57. The smallest absolute Gasteiger partial charge is 0.255 e. The third-order valence-electron chi connectivity index (χ3n) is 4.27. The molecule has 0 fully saturated rings. The van der Waals surface area contributed by atoms with Crippen molar-refractivity contribution in [3.8, 4) is 0 Å². The van der Waals surface area contributed by atoms with Gasteiger partial charge in [-0.15, -0.1) is 0 Å². The van der Waals surface area contributed by atoms with E-state index < -0.39 is 6.10 Å². The van der Waals surface area contributed by atoms with Crippen molar-refractivity contribution in [1.82, 2.24) is 5.32 Å². The van der Waals surface area contributed by atoms with Crippen LogP contribution in [-0.4, -0.2) is 24.5 Å². The summed E-state index contributed by atoms with van der Waals surface area (Å²) in [5, 5.41) is 5.85. The molecule has 0 spiro atoms. The molecule has 0 radical (unpaired) electrons. The molecular weight excluding hydrogens is 340 g/mol. The van der Waals surface area contributed by atoms with E-state index in [2.05, 4.69) is 17.6 Å². The third kappa shape index (κ3) is 6.53. The molecule has 0 saturated heterocycles. The molecule has 27 heavy (non-hydrogen) atoms. The third-order valence-corrected chi connectivity index (χ3v) is 4.27. The molecule has 0 heterocycles. The zero-order chi connectivity index (χ0) is 19.6. The van der Waals surface area contributed by atoms with Gasteiger partial charge < -0.3 is 15.4 Å². The number of unbranched alkanes of at least 4 members (excludes halogenated alkanes) is 1. The molecule has 2 rings (SSSR count). The molecule has 0 aliphatic heterocycles. The Morgan fingerprint density at radius 1 is 1.04 bits per heavy atom. The molecule has 0 aliphatic rings. The van der Waals surface area contributed by atoms with Crippen LogP contribution in [0.3, 0.4) is 0 Å². The Hall–Kier alpha value is -2.66. The van der Waals surface area contributed by atoms with E-state index >= 15 is 0 Å². The van der Waals surface area contributed by atoms with E-state index in [9.17, 15) is 9.59 Å². The quantitative estimate of drug-likeness (QED) is 0.648. The summed E-state index contributed by atoms with van der Waals surface area (Å²) in [5.41, 5.74) is 2.20. The summed E-state index contributed by atoms with van der Waals surface area (Å²) in [6.07, 6.45) is 1.49. The van der Waals surface area contributed by atoms with Gasteiger partial charge in [0.05, 0.1) is 6.04 Å². The lowest BCUT2D eigenvalue weighted by atomic mass is 10.1. The molecule has 5 nitrogen and oxygen atoms in total. The molecule has 0 aliphatic carbocycles. The number of amides is 2. The summed E-state index contributed by atoms with van der Waals surface area (Å²) in [4.78, 5) is 24.6.